The summed E-state index contributed by atoms with van der Waals surface area (Å²) in [6.07, 6.45) is 6.23. The third-order valence-electron chi connectivity index (χ3n) is 4.39. The minimum Gasteiger partial charge on any atom is -0.351 e. The fraction of sp³-hybridized carbons (Fsp3) is 0.714. The zero-order valence-electron chi connectivity index (χ0n) is 11.6. The van der Waals surface area contributed by atoms with Gasteiger partial charge in [-0.3, -0.25) is 9.89 Å². The number of aromatic amines is 1. The molecule has 0 aliphatic heterocycles. The molecule has 4 heteroatoms. The van der Waals surface area contributed by atoms with Gasteiger partial charge in [-0.25, -0.2) is 0 Å². The second-order valence-electron chi connectivity index (χ2n) is 5.55. The van der Waals surface area contributed by atoms with Crippen molar-refractivity contribution in [2.24, 2.45) is 5.41 Å². The van der Waals surface area contributed by atoms with E-state index in [-0.39, 0.29) is 5.91 Å². The van der Waals surface area contributed by atoms with Crippen LogP contribution in [0, 0.1) is 19.3 Å². The number of aromatic nitrogens is 2. The van der Waals surface area contributed by atoms with E-state index in [2.05, 4.69) is 22.4 Å². The summed E-state index contributed by atoms with van der Waals surface area (Å²) < 4.78 is 0. The molecule has 18 heavy (non-hydrogen) atoms. The van der Waals surface area contributed by atoms with Crippen molar-refractivity contribution in [2.45, 2.75) is 52.9 Å². The molecule has 2 rings (SSSR count). The lowest BCUT2D eigenvalue weighted by Gasteiger charge is -2.27. The van der Waals surface area contributed by atoms with Crippen LogP contribution in [0.3, 0.4) is 0 Å². The van der Waals surface area contributed by atoms with Crippen LogP contribution in [0.2, 0.25) is 0 Å². The molecule has 0 radical (unpaired) electrons. The summed E-state index contributed by atoms with van der Waals surface area (Å²) in [4.78, 5) is 12.2. The number of H-pyrrole nitrogens is 1. The highest BCUT2D eigenvalue weighted by molar-refractivity contribution is 5.96. The molecule has 2 N–H and O–H groups in total. The number of hydrogen-bond donors (Lipinski definition) is 2. The fourth-order valence-electron chi connectivity index (χ4n) is 3.02. The highest BCUT2D eigenvalue weighted by atomic mass is 16.1. The first-order valence-electron chi connectivity index (χ1n) is 6.88. The first kappa shape index (κ1) is 13.1. The van der Waals surface area contributed by atoms with E-state index in [0.717, 1.165) is 24.4 Å². The Morgan fingerprint density at radius 3 is 2.56 bits per heavy atom. The van der Waals surface area contributed by atoms with Crippen LogP contribution in [0.25, 0.3) is 0 Å². The van der Waals surface area contributed by atoms with Crippen molar-refractivity contribution in [1.29, 1.82) is 0 Å². The van der Waals surface area contributed by atoms with Gasteiger partial charge in [0.15, 0.2) is 0 Å². The quantitative estimate of drug-likeness (QED) is 0.862. The summed E-state index contributed by atoms with van der Waals surface area (Å²) in [5, 5.41) is 10.0. The van der Waals surface area contributed by atoms with Gasteiger partial charge in [0, 0.05) is 12.2 Å². The number of rotatable bonds is 4. The van der Waals surface area contributed by atoms with Gasteiger partial charge in [0.05, 0.1) is 11.3 Å². The van der Waals surface area contributed by atoms with Crippen LogP contribution >= 0.6 is 0 Å². The maximum atomic E-state index is 12.2. The average molecular weight is 249 g/mol. The van der Waals surface area contributed by atoms with E-state index in [0.29, 0.717) is 11.0 Å². The molecule has 1 heterocycles. The third kappa shape index (κ3) is 2.42. The number of amides is 1. The van der Waals surface area contributed by atoms with Crippen LogP contribution in [0.1, 0.15) is 60.8 Å². The smallest absolute Gasteiger partial charge is 0.255 e. The Balaban J connectivity index is 2.00. The van der Waals surface area contributed by atoms with Crippen molar-refractivity contribution < 1.29 is 4.79 Å². The minimum atomic E-state index is 0.0125. The number of aryl methyl sites for hydroxylation is 2. The molecule has 1 saturated carbocycles. The normalized spacial score (nSPS) is 17.9. The second-order valence-corrected chi connectivity index (χ2v) is 5.55. The highest BCUT2D eigenvalue weighted by Crippen LogP contribution is 2.40. The van der Waals surface area contributed by atoms with Crippen molar-refractivity contribution in [2.75, 3.05) is 6.54 Å². The predicted octanol–water partition coefficient (Wildman–Crippen LogP) is 2.73. The van der Waals surface area contributed by atoms with E-state index in [4.69, 9.17) is 0 Å². The van der Waals surface area contributed by atoms with Crippen LogP contribution in [-0.2, 0) is 0 Å². The number of hydrogen-bond acceptors (Lipinski definition) is 2. The molecule has 1 fully saturated rings. The van der Waals surface area contributed by atoms with Crippen molar-refractivity contribution in [3.63, 3.8) is 0 Å². The van der Waals surface area contributed by atoms with E-state index in [1.165, 1.54) is 25.7 Å². The summed E-state index contributed by atoms with van der Waals surface area (Å²) >= 11 is 0. The Bertz CT molecular complexity index is 411. The van der Waals surface area contributed by atoms with Crippen molar-refractivity contribution in [3.8, 4) is 0 Å². The Kier molecular flexibility index (Phi) is 3.73. The van der Waals surface area contributed by atoms with Gasteiger partial charge in [-0.05, 0) is 38.5 Å². The zero-order chi connectivity index (χ0) is 13.2. The van der Waals surface area contributed by atoms with Gasteiger partial charge < -0.3 is 5.32 Å². The van der Waals surface area contributed by atoms with Gasteiger partial charge >= 0.3 is 0 Å². The summed E-state index contributed by atoms with van der Waals surface area (Å²) in [5.74, 6) is 0.0125. The predicted molar refractivity (Wildman–Crippen MR) is 71.6 cm³/mol. The van der Waals surface area contributed by atoms with E-state index in [1.807, 2.05) is 13.8 Å². The van der Waals surface area contributed by atoms with Crippen LogP contribution in [0.5, 0.6) is 0 Å². The molecule has 100 valence electrons. The number of nitrogens with zero attached hydrogens (tertiary/aromatic N) is 1. The molecule has 1 aromatic rings. The average Bonchev–Trinajstić information content (AvgIpc) is 2.95. The molecule has 0 unspecified atom stereocenters. The van der Waals surface area contributed by atoms with E-state index in [9.17, 15) is 4.79 Å². The molecule has 0 aromatic carbocycles. The van der Waals surface area contributed by atoms with Crippen LogP contribution in [0.15, 0.2) is 0 Å². The Morgan fingerprint density at radius 2 is 2.06 bits per heavy atom. The Hall–Kier alpha value is -1.32. The summed E-state index contributed by atoms with van der Waals surface area (Å²) in [5.41, 5.74) is 2.67. The molecule has 1 aliphatic carbocycles. The van der Waals surface area contributed by atoms with Gasteiger partial charge in [0.1, 0.15) is 0 Å². The number of carbonyl (C=O) groups excluding carboxylic acids is 1. The maximum absolute atomic E-state index is 12.2. The standard InChI is InChI=1S/C14H23N3O/c1-4-14(7-5-6-8-14)9-15-13(18)12-10(2)16-17-11(12)3/h4-9H2,1-3H3,(H,15,18)(H,16,17). The Morgan fingerprint density at radius 1 is 1.39 bits per heavy atom. The Labute approximate surface area is 109 Å². The first-order chi connectivity index (χ1) is 8.58. The number of carbonyl (C=O) groups is 1. The SMILES string of the molecule is CCC1(CNC(=O)c2c(C)n[nH]c2C)CCCC1. The molecular weight excluding hydrogens is 226 g/mol. The minimum absolute atomic E-state index is 0.0125. The molecule has 1 aromatic heterocycles. The van der Waals surface area contributed by atoms with E-state index < -0.39 is 0 Å². The van der Waals surface area contributed by atoms with Gasteiger partial charge in [-0.1, -0.05) is 19.8 Å². The summed E-state index contributed by atoms with van der Waals surface area (Å²) in [7, 11) is 0. The maximum Gasteiger partial charge on any atom is 0.255 e. The molecule has 1 amide bonds. The van der Waals surface area contributed by atoms with Gasteiger partial charge in [0.25, 0.3) is 5.91 Å². The monoisotopic (exact) mass is 249 g/mol. The number of nitrogens with one attached hydrogen (secondary N) is 2. The van der Waals surface area contributed by atoms with Crippen molar-refractivity contribution >= 4 is 5.91 Å². The van der Waals surface area contributed by atoms with Gasteiger partial charge in [-0.2, -0.15) is 5.10 Å². The molecule has 0 saturated heterocycles. The molecule has 1 aliphatic rings. The van der Waals surface area contributed by atoms with Gasteiger partial charge in [-0.15, -0.1) is 0 Å². The molecule has 0 atom stereocenters. The van der Waals surface area contributed by atoms with Crippen molar-refractivity contribution in [1.82, 2.24) is 15.5 Å². The third-order valence-corrected chi connectivity index (χ3v) is 4.39. The van der Waals surface area contributed by atoms with Crippen LogP contribution in [0.4, 0.5) is 0 Å². The molecule has 0 spiro atoms. The lowest BCUT2D eigenvalue weighted by Crippen LogP contribution is -2.36. The topological polar surface area (TPSA) is 57.8 Å². The first-order valence-corrected chi connectivity index (χ1v) is 6.88. The van der Waals surface area contributed by atoms with Crippen LogP contribution in [-0.4, -0.2) is 22.6 Å². The zero-order valence-corrected chi connectivity index (χ0v) is 11.6. The van der Waals surface area contributed by atoms with Crippen LogP contribution < -0.4 is 5.32 Å². The van der Waals surface area contributed by atoms with Crippen molar-refractivity contribution in [3.05, 3.63) is 17.0 Å². The molecule has 4 nitrogen and oxygen atoms in total. The largest absolute Gasteiger partial charge is 0.351 e. The summed E-state index contributed by atoms with van der Waals surface area (Å²) in [6, 6.07) is 0. The second kappa shape index (κ2) is 5.12. The fourth-order valence-corrected chi connectivity index (χ4v) is 3.02. The lowest BCUT2D eigenvalue weighted by molar-refractivity contribution is 0.0927. The van der Waals surface area contributed by atoms with Gasteiger partial charge in [0.2, 0.25) is 0 Å². The van der Waals surface area contributed by atoms with E-state index >= 15 is 0 Å². The lowest BCUT2D eigenvalue weighted by atomic mass is 9.83. The summed E-state index contributed by atoms with van der Waals surface area (Å²) in [6.45, 7) is 6.78. The molecule has 0 bridgehead atoms. The highest BCUT2D eigenvalue weighted by Gasteiger charge is 2.32. The molecular formula is C14H23N3O. The van der Waals surface area contributed by atoms with E-state index in [1.54, 1.807) is 0 Å².